The maximum atomic E-state index is 10.5. The van der Waals surface area contributed by atoms with Crippen molar-refractivity contribution in [2.75, 3.05) is 46.4 Å². The molecule has 0 aromatic heterocycles. The predicted molar refractivity (Wildman–Crippen MR) is 68.1 cm³/mol. The highest BCUT2D eigenvalue weighted by Crippen LogP contribution is 2.21. The highest BCUT2D eigenvalue weighted by atomic mass is 16.5. The van der Waals surface area contributed by atoms with E-state index in [9.17, 15) is 5.11 Å². The molecular weight excluding hydrogens is 216 g/mol. The Morgan fingerprint density at radius 1 is 1.29 bits per heavy atom. The number of hydrogen-bond donors (Lipinski definition) is 2. The zero-order valence-corrected chi connectivity index (χ0v) is 11.0. The third-order valence-corrected chi connectivity index (χ3v) is 4.01. The molecule has 2 fully saturated rings. The van der Waals surface area contributed by atoms with Crippen molar-refractivity contribution in [1.29, 1.82) is 0 Å². The van der Waals surface area contributed by atoms with Gasteiger partial charge in [-0.15, -0.1) is 0 Å². The topological polar surface area (TPSA) is 44.7 Å². The lowest BCUT2D eigenvalue weighted by atomic mass is 9.91. The minimum absolute atomic E-state index is 0.467. The van der Waals surface area contributed by atoms with E-state index in [4.69, 9.17) is 4.74 Å². The van der Waals surface area contributed by atoms with Crippen LogP contribution in [0.4, 0.5) is 0 Å². The summed E-state index contributed by atoms with van der Waals surface area (Å²) in [5.41, 5.74) is -0.467. The molecule has 4 nitrogen and oxygen atoms in total. The predicted octanol–water partition coefficient (Wildman–Crippen LogP) is 0.459. The lowest BCUT2D eigenvalue weighted by Crippen LogP contribution is -2.49. The van der Waals surface area contributed by atoms with Gasteiger partial charge in [-0.2, -0.15) is 0 Å². The summed E-state index contributed by atoms with van der Waals surface area (Å²) in [5.74, 6) is 0.749. The molecular formula is C13H26N2O2. The first-order valence-electron chi connectivity index (χ1n) is 6.87. The Labute approximate surface area is 104 Å². The van der Waals surface area contributed by atoms with E-state index in [0.717, 1.165) is 58.2 Å². The van der Waals surface area contributed by atoms with Crippen molar-refractivity contribution in [1.82, 2.24) is 10.2 Å². The Kier molecular flexibility index (Phi) is 4.79. The van der Waals surface area contributed by atoms with E-state index in [2.05, 4.69) is 17.3 Å². The molecule has 0 aromatic carbocycles. The third kappa shape index (κ3) is 4.21. The first-order chi connectivity index (χ1) is 8.18. The van der Waals surface area contributed by atoms with Crippen LogP contribution in [0.25, 0.3) is 0 Å². The molecule has 2 saturated heterocycles. The second-order valence-electron chi connectivity index (χ2n) is 5.73. The van der Waals surface area contributed by atoms with Crippen LogP contribution in [0.2, 0.25) is 0 Å². The highest BCUT2D eigenvalue weighted by molar-refractivity contribution is 4.87. The van der Waals surface area contributed by atoms with Crippen LogP contribution in [0.3, 0.4) is 0 Å². The first kappa shape index (κ1) is 13.3. The Morgan fingerprint density at radius 2 is 1.94 bits per heavy atom. The third-order valence-electron chi connectivity index (χ3n) is 4.01. The largest absolute Gasteiger partial charge is 0.388 e. The van der Waals surface area contributed by atoms with E-state index in [1.165, 1.54) is 12.8 Å². The number of aliphatic hydroxyl groups is 1. The lowest BCUT2D eigenvalue weighted by molar-refractivity contribution is -0.0227. The molecule has 0 spiro atoms. The number of likely N-dealkylation sites (N-methyl/N-ethyl adjacent to an activating group) is 1. The Balaban J connectivity index is 1.73. The fourth-order valence-corrected chi connectivity index (χ4v) is 2.99. The molecule has 4 heteroatoms. The molecule has 0 amide bonds. The molecule has 0 aliphatic carbocycles. The van der Waals surface area contributed by atoms with Gasteiger partial charge in [0, 0.05) is 26.3 Å². The van der Waals surface area contributed by atoms with Crippen molar-refractivity contribution in [2.24, 2.45) is 5.92 Å². The Hall–Kier alpha value is -0.160. The van der Waals surface area contributed by atoms with E-state index in [0.29, 0.717) is 0 Å². The normalized spacial score (nSPS) is 26.3. The summed E-state index contributed by atoms with van der Waals surface area (Å²) in [5, 5.41) is 13.8. The summed E-state index contributed by atoms with van der Waals surface area (Å²) < 4.78 is 5.37. The lowest BCUT2D eigenvalue weighted by Gasteiger charge is -2.37. The van der Waals surface area contributed by atoms with Crippen molar-refractivity contribution >= 4 is 0 Å². The summed E-state index contributed by atoms with van der Waals surface area (Å²) >= 11 is 0. The van der Waals surface area contributed by atoms with Gasteiger partial charge in [-0.25, -0.2) is 0 Å². The van der Waals surface area contributed by atoms with Gasteiger partial charge in [-0.1, -0.05) is 0 Å². The van der Waals surface area contributed by atoms with Gasteiger partial charge in [0.25, 0.3) is 0 Å². The van der Waals surface area contributed by atoms with E-state index in [-0.39, 0.29) is 0 Å². The van der Waals surface area contributed by atoms with E-state index in [1.807, 2.05) is 0 Å². The Bertz CT molecular complexity index is 223. The van der Waals surface area contributed by atoms with Crippen LogP contribution in [0.5, 0.6) is 0 Å². The molecule has 100 valence electrons. The standard InChI is InChI=1S/C13H26N2O2/c1-15(10-12-2-8-17-9-3-12)11-13(16)4-6-14-7-5-13/h12,14,16H,2-11H2,1H3. The first-order valence-corrected chi connectivity index (χ1v) is 6.87. The zero-order chi connectivity index (χ0) is 12.1. The molecule has 17 heavy (non-hydrogen) atoms. The number of nitrogens with one attached hydrogen (secondary N) is 1. The molecule has 2 aliphatic rings. The maximum absolute atomic E-state index is 10.5. The quantitative estimate of drug-likeness (QED) is 0.752. The van der Waals surface area contributed by atoms with E-state index in [1.54, 1.807) is 0 Å². The maximum Gasteiger partial charge on any atom is 0.0798 e. The summed E-state index contributed by atoms with van der Waals surface area (Å²) in [6.07, 6.45) is 4.10. The summed E-state index contributed by atoms with van der Waals surface area (Å²) in [6, 6.07) is 0. The molecule has 0 bridgehead atoms. The van der Waals surface area contributed by atoms with Gasteiger partial charge in [-0.3, -0.25) is 0 Å². The average Bonchev–Trinajstić information content (AvgIpc) is 2.30. The molecule has 0 unspecified atom stereocenters. The van der Waals surface area contributed by atoms with Crippen LogP contribution in [-0.2, 0) is 4.74 Å². The van der Waals surface area contributed by atoms with Crippen LogP contribution in [0.1, 0.15) is 25.7 Å². The van der Waals surface area contributed by atoms with Crippen molar-refractivity contribution in [3.05, 3.63) is 0 Å². The van der Waals surface area contributed by atoms with Gasteiger partial charge in [0.05, 0.1) is 5.60 Å². The molecule has 2 heterocycles. The van der Waals surface area contributed by atoms with Gasteiger partial charge in [0.15, 0.2) is 0 Å². The van der Waals surface area contributed by atoms with Crippen LogP contribution in [0, 0.1) is 5.92 Å². The fraction of sp³-hybridized carbons (Fsp3) is 1.00. The number of ether oxygens (including phenoxy) is 1. The van der Waals surface area contributed by atoms with Crippen molar-refractivity contribution in [3.63, 3.8) is 0 Å². The minimum atomic E-state index is -0.467. The molecule has 0 radical (unpaired) electrons. The second kappa shape index (κ2) is 6.14. The van der Waals surface area contributed by atoms with Gasteiger partial charge in [0.1, 0.15) is 0 Å². The van der Waals surface area contributed by atoms with Crippen LogP contribution >= 0.6 is 0 Å². The number of nitrogens with zero attached hydrogens (tertiary/aromatic N) is 1. The van der Waals surface area contributed by atoms with Crippen molar-refractivity contribution < 1.29 is 9.84 Å². The van der Waals surface area contributed by atoms with Gasteiger partial charge >= 0.3 is 0 Å². The Morgan fingerprint density at radius 3 is 2.59 bits per heavy atom. The number of rotatable bonds is 4. The zero-order valence-electron chi connectivity index (χ0n) is 11.0. The molecule has 0 saturated carbocycles. The summed E-state index contributed by atoms with van der Waals surface area (Å²) in [6.45, 7) is 5.62. The van der Waals surface area contributed by atoms with Crippen LogP contribution in [-0.4, -0.2) is 62.0 Å². The molecule has 2 N–H and O–H groups in total. The summed E-state index contributed by atoms with van der Waals surface area (Å²) in [4.78, 5) is 2.31. The molecule has 2 aliphatic heterocycles. The van der Waals surface area contributed by atoms with Crippen molar-refractivity contribution in [3.8, 4) is 0 Å². The van der Waals surface area contributed by atoms with Gasteiger partial charge in [-0.05, 0) is 51.7 Å². The van der Waals surface area contributed by atoms with Gasteiger partial charge in [0.2, 0.25) is 0 Å². The highest BCUT2D eigenvalue weighted by Gasteiger charge is 2.30. The minimum Gasteiger partial charge on any atom is -0.388 e. The molecule has 0 atom stereocenters. The van der Waals surface area contributed by atoms with Crippen LogP contribution in [0.15, 0.2) is 0 Å². The second-order valence-corrected chi connectivity index (χ2v) is 5.73. The van der Waals surface area contributed by atoms with E-state index >= 15 is 0 Å². The SMILES string of the molecule is CN(CC1CCOCC1)CC1(O)CCNCC1. The monoisotopic (exact) mass is 242 g/mol. The smallest absolute Gasteiger partial charge is 0.0798 e. The van der Waals surface area contributed by atoms with Gasteiger partial charge < -0.3 is 20.1 Å². The molecule has 2 rings (SSSR count). The van der Waals surface area contributed by atoms with Crippen LogP contribution < -0.4 is 5.32 Å². The van der Waals surface area contributed by atoms with E-state index < -0.39 is 5.60 Å². The molecule has 0 aromatic rings. The average molecular weight is 242 g/mol. The van der Waals surface area contributed by atoms with Crippen molar-refractivity contribution in [2.45, 2.75) is 31.3 Å². The summed E-state index contributed by atoms with van der Waals surface area (Å²) in [7, 11) is 2.13. The number of hydrogen-bond acceptors (Lipinski definition) is 4. The fourth-order valence-electron chi connectivity index (χ4n) is 2.99. The number of piperidine rings is 1.